The number of nitrogens with zero attached hydrogens (tertiary/aromatic N) is 1. The summed E-state index contributed by atoms with van der Waals surface area (Å²) >= 11 is 0. The summed E-state index contributed by atoms with van der Waals surface area (Å²) in [6.45, 7) is 0.481. The van der Waals surface area contributed by atoms with Gasteiger partial charge in [0, 0.05) is 6.07 Å². The van der Waals surface area contributed by atoms with E-state index in [-0.39, 0.29) is 54.2 Å². The van der Waals surface area contributed by atoms with Gasteiger partial charge in [-0.1, -0.05) is 24.3 Å². The van der Waals surface area contributed by atoms with E-state index in [1.807, 2.05) is 48.5 Å². The van der Waals surface area contributed by atoms with E-state index in [4.69, 9.17) is 18.9 Å². The maximum atomic E-state index is 11.2. The summed E-state index contributed by atoms with van der Waals surface area (Å²) in [4.78, 5) is 15.0. The second kappa shape index (κ2) is 11.4. The number of methoxy groups -OCH3 is 2. The summed E-state index contributed by atoms with van der Waals surface area (Å²) in [5, 5.41) is 11.2. The molecule has 0 amide bonds. The second-order valence-corrected chi connectivity index (χ2v) is 6.08. The van der Waals surface area contributed by atoms with Gasteiger partial charge in [0.1, 0.15) is 24.7 Å². The summed E-state index contributed by atoms with van der Waals surface area (Å²) in [6.07, 6.45) is 1.32. The van der Waals surface area contributed by atoms with Crippen LogP contribution >= 0.6 is 0 Å². The van der Waals surface area contributed by atoms with Crippen LogP contribution < -0.4 is 53.6 Å². The Labute approximate surface area is 196 Å². The van der Waals surface area contributed by atoms with Crippen molar-refractivity contribution in [3.8, 4) is 23.0 Å². The van der Waals surface area contributed by atoms with E-state index in [2.05, 4.69) is 4.98 Å². The van der Waals surface area contributed by atoms with Gasteiger partial charge in [0.05, 0.1) is 32.1 Å². The van der Waals surface area contributed by atoms with Crippen molar-refractivity contribution in [3.05, 3.63) is 77.6 Å². The van der Waals surface area contributed by atoms with Crippen molar-refractivity contribution >= 4 is 5.97 Å². The van der Waals surface area contributed by atoms with Crippen molar-refractivity contribution in [2.75, 3.05) is 14.2 Å². The first-order valence-electron chi connectivity index (χ1n) is 8.82. The third kappa shape index (κ3) is 6.38. The molecule has 0 aliphatic heterocycles. The number of pyridine rings is 1. The van der Waals surface area contributed by atoms with Crippen molar-refractivity contribution in [1.29, 1.82) is 0 Å². The maximum Gasteiger partial charge on any atom is 1.00 e. The Morgan fingerprint density at radius 2 is 1.30 bits per heavy atom. The monoisotopic (exact) mass is 417 g/mol. The zero-order valence-corrected chi connectivity index (χ0v) is 19.1. The van der Waals surface area contributed by atoms with Gasteiger partial charge in [0.25, 0.3) is 0 Å². The van der Waals surface area contributed by atoms with Crippen LogP contribution in [0.15, 0.2) is 60.8 Å². The fraction of sp³-hybridized carbons (Fsp3) is 0.182. The van der Waals surface area contributed by atoms with Gasteiger partial charge in [-0.05, 0) is 35.4 Å². The molecule has 0 atom stereocenters. The first-order chi connectivity index (χ1) is 14.1. The van der Waals surface area contributed by atoms with E-state index in [0.717, 1.165) is 22.6 Å². The molecule has 0 aliphatic carbocycles. The Morgan fingerprint density at radius 1 is 0.833 bits per heavy atom. The molecular weight excluding hydrogens is 397 g/mol. The van der Waals surface area contributed by atoms with E-state index in [1.165, 1.54) is 12.3 Å². The number of hydrogen-bond acceptors (Lipinski definition) is 7. The van der Waals surface area contributed by atoms with Crippen LogP contribution in [0.2, 0.25) is 0 Å². The quantitative estimate of drug-likeness (QED) is 0.439. The van der Waals surface area contributed by atoms with E-state index in [0.29, 0.717) is 5.75 Å². The number of carboxylic acid groups (broad SMARTS) is 1. The Hall–Kier alpha value is -2.74. The van der Waals surface area contributed by atoms with Crippen molar-refractivity contribution < 1.29 is 58.4 Å². The summed E-state index contributed by atoms with van der Waals surface area (Å²) in [5.74, 6) is 0.696. The Balaban J connectivity index is 0.00000320. The van der Waals surface area contributed by atoms with Crippen LogP contribution in [0.3, 0.4) is 0 Å². The van der Waals surface area contributed by atoms with Crippen LogP contribution in [-0.4, -0.2) is 25.2 Å². The van der Waals surface area contributed by atoms with Crippen molar-refractivity contribution in [3.63, 3.8) is 0 Å². The zero-order valence-electron chi connectivity index (χ0n) is 17.1. The first-order valence-corrected chi connectivity index (χ1v) is 8.82. The minimum Gasteiger partial charge on any atom is -0.543 e. The number of aromatic carboxylic acids is 1. The largest absolute Gasteiger partial charge is 1.00 e. The van der Waals surface area contributed by atoms with Crippen molar-refractivity contribution in [1.82, 2.24) is 4.98 Å². The van der Waals surface area contributed by atoms with Crippen LogP contribution in [0, 0.1) is 0 Å². The van der Waals surface area contributed by atoms with E-state index in [1.54, 1.807) is 14.2 Å². The van der Waals surface area contributed by atoms with Crippen LogP contribution in [0.4, 0.5) is 0 Å². The fourth-order valence-corrected chi connectivity index (χ4v) is 2.52. The molecule has 0 N–H and O–H groups in total. The third-order valence-corrected chi connectivity index (χ3v) is 4.15. The van der Waals surface area contributed by atoms with Gasteiger partial charge in [-0.15, -0.1) is 0 Å². The molecular formula is C22H20NNaO6. The summed E-state index contributed by atoms with van der Waals surface area (Å²) in [5.41, 5.74) is 1.57. The van der Waals surface area contributed by atoms with Gasteiger partial charge >= 0.3 is 29.6 Å². The predicted molar refractivity (Wildman–Crippen MR) is 103 cm³/mol. The molecule has 0 unspecified atom stereocenters. The van der Waals surface area contributed by atoms with Crippen LogP contribution in [0.25, 0.3) is 0 Å². The molecule has 0 aliphatic rings. The average molecular weight is 417 g/mol. The average Bonchev–Trinajstić information content (AvgIpc) is 2.77. The minimum absolute atomic E-state index is 0. The minimum atomic E-state index is -1.39. The predicted octanol–water partition coefficient (Wildman–Crippen LogP) is -0.376. The number of aromatic nitrogens is 1. The van der Waals surface area contributed by atoms with E-state index in [9.17, 15) is 9.90 Å². The maximum absolute atomic E-state index is 11.2. The first kappa shape index (κ1) is 23.5. The van der Waals surface area contributed by atoms with Gasteiger partial charge < -0.3 is 28.8 Å². The number of ether oxygens (including phenoxy) is 4. The van der Waals surface area contributed by atoms with Gasteiger partial charge in [-0.2, -0.15) is 0 Å². The van der Waals surface area contributed by atoms with Crippen LogP contribution in [0.5, 0.6) is 23.0 Å². The molecule has 0 saturated heterocycles. The van der Waals surface area contributed by atoms with Crippen molar-refractivity contribution in [2.24, 2.45) is 0 Å². The summed E-state index contributed by atoms with van der Waals surface area (Å²) < 4.78 is 21.9. The SMILES string of the molecule is COc1ccc(COc2cnc(C(=O)[O-])cc2OCc2ccc(OC)cc2)cc1.[Na+]. The molecule has 3 aromatic rings. The van der Waals surface area contributed by atoms with Crippen LogP contribution in [0.1, 0.15) is 21.6 Å². The third-order valence-electron chi connectivity index (χ3n) is 4.15. The molecule has 30 heavy (non-hydrogen) atoms. The molecule has 8 heteroatoms. The summed E-state index contributed by atoms with van der Waals surface area (Å²) in [6, 6.07) is 16.1. The molecule has 2 aromatic carbocycles. The number of hydrogen-bond donors (Lipinski definition) is 0. The zero-order chi connectivity index (χ0) is 20.6. The molecule has 1 heterocycles. The number of benzene rings is 2. The van der Waals surface area contributed by atoms with E-state index >= 15 is 0 Å². The summed E-state index contributed by atoms with van der Waals surface area (Å²) in [7, 11) is 3.19. The molecule has 1 aromatic heterocycles. The van der Waals surface area contributed by atoms with Gasteiger partial charge in [-0.3, -0.25) is 4.98 Å². The smallest absolute Gasteiger partial charge is 0.543 e. The Morgan fingerprint density at radius 3 is 1.73 bits per heavy atom. The fourth-order valence-electron chi connectivity index (χ4n) is 2.52. The normalized spacial score (nSPS) is 9.93. The molecule has 0 bridgehead atoms. The molecule has 7 nitrogen and oxygen atoms in total. The van der Waals surface area contributed by atoms with Crippen molar-refractivity contribution in [2.45, 2.75) is 13.2 Å². The number of carbonyl (C=O) groups excluding carboxylic acids is 1. The topological polar surface area (TPSA) is 89.9 Å². The Bertz CT molecular complexity index is 960. The molecule has 0 saturated carbocycles. The number of carboxylic acids is 1. The number of rotatable bonds is 9. The standard InChI is InChI=1S/C22H21NO6.Na/c1-26-17-7-3-15(4-8-17)13-28-20-11-19(22(24)25)23-12-21(20)29-14-16-5-9-18(27-2)10-6-16;/h3-12H,13-14H2,1-2H3,(H,24,25);/q;+1/p-1. The number of carbonyl (C=O) groups is 1. The molecule has 0 radical (unpaired) electrons. The second-order valence-electron chi connectivity index (χ2n) is 6.08. The van der Waals surface area contributed by atoms with Gasteiger partial charge in [0.15, 0.2) is 11.5 Å². The molecule has 0 fully saturated rings. The molecule has 3 rings (SSSR count). The Kier molecular flexibility index (Phi) is 8.98. The van der Waals surface area contributed by atoms with Gasteiger partial charge in [-0.25, -0.2) is 0 Å². The molecule has 0 spiro atoms. The molecule has 150 valence electrons. The van der Waals surface area contributed by atoms with Crippen LogP contribution in [-0.2, 0) is 13.2 Å². The van der Waals surface area contributed by atoms with Gasteiger partial charge in [0.2, 0.25) is 0 Å². The van der Waals surface area contributed by atoms with E-state index < -0.39 is 5.97 Å².